The van der Waals surface area contributed by atoms with E-state index in [4.69, 9.17) is 4.74 Å². The van der Waals surface area contributed by atoms with Crippen LogP contribution in [-0.2, 0) is 4.74 Å². The molecular weight excluding hydrogens is 369 g/mol. The van der Waals surface area contributed by atoms with Crippen molar-refractivity contribution in [3.05, 3.63) is 0 Å². The lowest BCUT2D eigenvalue weighted by atomic mass is 9.84. The van der Waals surface area contributed by atoms with Gasteiger partial charge in [0.1, 0.15) is 0 Å². The maximum absolute atomic E-state index is 9.20. The van der Waals surface area contributed by atoms with Crippen LogP contribution in [0.3, 0.4) is 0 Å². The minimum Gasteiger partial charge on any atom is -0.396 e. The Labute approximate surface area is 140 Å². The maximum atomic E-state index is 9.20. The number of aliphatic imine (C=N–C) groups is 1. The minimum absolute atomic E-state index is 0. The van der Waals surface area contributed by atoms with E-state index in [1.165, 1.54) is 6.42 Å². The second-order valence-electron chi connectivity index (χ2n) is 5.25. The third kappa shape index (κ3) is 7.08. The summed E-state index contributed by atoms with van der Waals surface area (Å²) in [5.74, 6) is 0.875. The highest BCUT2D eigenvalue weighted by molar-refractivity contribution is 14.0. The van der Waals surface area contributed by atoms with Gasteiger partial charge in [-0.05, 0) is 26.2 Å². The standard InChI is InChI=1S/C14H29N3O2.HI/c1-3-5-8-16-13(15-4-2)17-11-14(6-9-18)7-10-19-12-14;/h18H,3-12H2,1-2H3,(H2,15,16,17);1H. The third-order valence-corrected chi connectivity index (χ3v) is 3.57. The molecule has 1 atom stereocenters. The van der Waals surface area contributed by atoms with E-state index in [0.29, 0.717) is 6.61 Å². The number of nitrogens with one attached hydrogen (secondary N) is 2. The Morgan fingerprint density at radius 3 is 2.70 bits per heavy atom. The first-order valence-corrected chi connectivity index (χ1v) is 7.47. The van der Waals surface area contributed by atoms with Crippen molar-refractivity contribution >= 4 is 29.9 Å². The van der Waals surface area contributed by atoms with Crippen LogP contribution in [0, 0.1) is 5.41 Å². The molecule has 1 saturated heterocycles. The number of hydrogen-bond acceptors (Lipinski definition) is 3. The summed E-state index contributed by atoms with van der Waals surface area (Å²) in [6, 6.07) is 0. The summed E-state index contributed by atoms with van der Waals surface area (Å²) in [5.41, 5.74) is 0.0296. The zero-order valence-corrected chi connectivity index (χ0v) is 15.1. The van der Waals surface area contributed by atoms with Crippen LogP contribution in [0.25, 0.3) is 0 Å². The van der Waals surface area contributed by atoms with Gasteiger partial charge in [-0.15, -0.1) is 24.0 Å². The monoisotopic (exact) mass is 399 g/mol. The quantitative estimate of drug-likeness (QED) is 0.252. The highest BCUT2D eigenvalue weighted by Crippen LogP contribution is 2.32. The molecule has 5 nitrogen and oxygen atoms in total. The number of guanidine groups is 1. The van der Waals surface area contributed by atoms with Crippen LogP contribution in [0.2, 0.25) is 0 Å². The number of rotatable bonds is 8. The van der Waals surface area contributed by atoms with E-state index in [0.717, 1.165) is 51.5 Å². The number of halogens is 1. The molecule has 0 aromatic carbocycles. The second kappa shape index (κ2) is 11.6. The smallest absolute Gasteiger partial charge is 0.191 e. The lowest BCUT2D eigenvalue weighted by Gasteiger charge is -2.24. The first-order valence-electron chi connectivity index (χ1n) is 7.47. The maximum Gasteiger partial charge on any atom is 0.191 e. The van der Waals surface area contributed by atoms with Crippen molar-refractivity contribution in [2.75, 3.05) is 39.5 Å². The Morgan fingerprint density at radius 1 is 1.35 bits per heavy atom. The molecule has 0 radical (unpaired) electrons. The molecule has 3 N–H and O–H groups in total. The first-order chi connectivity index (χ1) is 9.26. The van der Waals surface area contributed by atoms with Crippen LogP contribution >= 0.6 is 24.0 Å². The van der Waals surface area contributed by atoms with Gasteiger partial charge in [-0.1, -0.05) is 13.3 Å². The average molecular weight is 399 g/mol. The molecule has 6 heteroatoms. The molecule has 0 aromatic heterocycles. The van der Waals surface area contributed by atoms with E-state index in [-0.39, 0.29) is 36.0 Å². The Bertz CT molecular complexity index is 269. The van der Waals surface area contributed by atoms with E-state index >= 15 is 0 Å². The largest absolute Gasteiger partial charge is 0.396 e. The number of nitrogens with zero attached hydrogens (tertiary/aromatic N) is 1. The zero-order valence-electron chi connectivity index (χ0n) is 12.8. The van der Waals surface area contributed by atoms with Gasteiger partial charge in [-0.3, -0.25) is 4.99 Å². The number of aliphatic hydroxyl groups excluding tert-OH is 1. The normalized spacial score (nSPS) is 22.4. The first kappa shape index (κ1) is 19.9. The molecular formula is C14H30IN3O2. The molecule has 1 heterocycles. The lowest BCUT2D eigenvalue weighted by Crippen LogP contribution is -2.39. The molecule has 1 fully saturated rings. The second-order valence-corrected chi connectivity index (χ2v) is 5.25. The molecule has 0 bridgehead atoms. The molecule has 20 heavy (non-hydrogen) atoms. The predicted molar refractivity (Wildman–Crippen MR) is 93.9 cm³/mol. The highest BCUT2D eigenvalue weighted by Gasteiger charge is 2.34. The van der Waals surface area contributed by atoms with E-state index in [1.807, 2.05) is 0 Å². The van der Waals surface area contributed by atoms with Gasteiger partial charge in [0.05, 0.1) is 13.2 Å². The van der Waals surface area contributed by atoms with Gasteiger partial charge in [0.2, 0.25) is 0 Å². The van der Waals surface area contributed by atoms with E-state index in [1.54, 1.807) is 0 Å². The summed E-state index contributed by atoms with van der Waals surface area (Å²) >= 11 is 0. The van der Waals surface area contributed by atoms with Crippen molar-refractivity contribution in [1.82, 2.24) is 10.6 Å². The summed E-state index contributed by atoms with van der Waals surface area (Å²) in [7, 11) is 0. The Kier molecular flexibility index (Phi) is 11.5. The Hall–Kier alpha value is -0.0800. The van der Waals surface area contributed by atoms with Crippen molar-refractivity contribution in [3.8, 4) is 0 Å². The fraction of sp³-hybridized carbons (Fsp3) is 0.929. The number of ether oxygens (including phenoxy) is 1. The third-order valence-electron chi connectivity index (χ3n) is 3.57. The summed E-state index contributed by atoms with van der Waals surface area (Å²) < 4.78 is 5.48. The van der Waals surface area contributed by atoms with E-state index < -0.39 is 0 Å². The van der Waals surface area contributed by atoms with Crippen molar-refractivity contribution in [2.24, 2.45) is 10.4 Å². The Morgan fingerprint density at radius 2 is 2.15 bits per heavy atom. The summed E-state index contributed by atoms with van der Waals surface area (Å²) in [5, 5.41) is 15.8. The molecule has 0 amide bonds. The lowest BCUT2D eigenvalue weighted by molar-refractivity contribution is 0.131. The molecule has 0 aromatic rings. The van der Waals surface area contributed by atoms with Gasteiger partial charge in [0.25, 0.3) is 0 Å². The number of hydrogen-bond donors (Lipinski definition) is 3. The van der Waals surface area contributed by atoms with Crippen LogP contribution in [0.1, 0.15) is 39.5 Å². The molecule has 0 aliphatic carbocycles. The number of aliphatic hydroxyl groups is 1. The van der Waals surface area contributed by atoms with Gasteiger partial charge >= 0.3 is 0 Å². The van der Waals surface area contributed by atoms with Crippen molar-refractivity contribution in [2.45, 2.75) is 39.5 Å². The predicted octanol–water partition coefficient (Wildman–Crippen LogP) is 1.75. The molecule has 1 rings (SSSR count). The minimum atomic E-state index is 0. The van der Waals surface area contributed by atoms with E-state index in [9.17, 15) is 5.11 Å². The van der Waals surface area contributed by atoms with Crippen molar-refractivity contribution < 1.29 is 9.84 Å². The SMILES string of the molecule is CCCCNC(=NCC1(CCO)CCOC1)NCC.I. The summed E-state index contributed by atoms with van der Waals surface area (Å²) in [6.07, 6.45) is 4.08. The van der Waals surface area contributed by atoms with Crippen LogP contribution in [0.15, 0.2) is 4.99 Å². The fourth-order valence-corrected chi connectivity index (χ4v) is 2.26. The zero-order chi connectivity index (χ0) is 14.0. The molecule has 120 valence electrons. The van der Waals surface area contributed by atoms with Gasteiger partial charge < -0.3 is 20.5 Å². The molecule has 0 spiro atoms. The molecule has 1 aliphatic heterocycles. The fourth-order valence-electron chi connectivity index (χ4n) is 2.26. The van der Waals surface area contributed by atoms with Gasteiger partial charge in [-0.25, -0.2) is 0 Å². The molecule has 1 unspecified atom stereocenters. The average Bonchev–Trinajstić information content (AvgIpc) is 2.86. The summed E-state index contributed by atoms with van der Waals surface area (Å²) in [6.45, 7) is 8.48. The van der Waals surface area contributed by atoms with Gasteiger partial charge in [0.15, 0.2) is 5.96 Å². The molecule has 1 aliphatic rings. The van der Waals surface area contributed by atoms with Crippen LogP contribution in [0.5, 0.6) is 0 Å². The summed E-state index contributed by atoms with van der Waals surface area (Å²) in [4.78, 5) is 4.66. The Balaban J connectivity index is 0.00000361. The van der Waals surface area contributed by atoms with Crippen LogP contribution in [0.4, 0.5) is 0 Å². The number of unbranched alkanes of at least 4 members (excludes halogenated alkanes) is 1. The van der Waals surface area contributed by atoms with Gasteiger partial charge in [-0.2, -0.15) is 0 Å². The van der Waals surface area contributed by atoms with Crippen LogP contribution in [-0.4, -0.2) is 50.5 Å². The van der Waals surface area contributed by atoms with E-state index in [2.05, 4.69) is 29.5 Å². The van der Waals surface area contributed by atoms with Crippen molar-refractivity contribution in [3.63, 3.8) is 0 Å². The van der Waals surface area contributed by atoms with Gasteiger partial charge in [0, 0.05) is 31.7 Å². The topological polar surface area (TPSA) is 65.9 Å². The highest BCUT2D eigenvalue weighted by atomic mass is 127. The van der Waals surface area contributed by atoms with Crippen molar-refractivity contribution in [1.29, 1.82) is 0 Å². The molecule has 0 saturated carbocycles. The van der Waals surface area contributed by atoms with Crippen LogP contribution < -0.4 is 10.6 Å².